The summed E-state index contributed by atoms with van der Waals surface area (Å²) in [7, 11) is 0. The SMILES string of the molecule is CSCCC(NC(=O)C(CC(N)=O)NC(=O)C(N)CC(=O)O)C(=O)NC(Cc1ccc(O)cc1)C(=O)O. The van der Waals surface area contributed by atoms with Crippen LogP contribution in [0.25, 0.3) is 0 Å². The maximum Gasteiger partial charge on any atom is 0.326 e. The van der Waals surface area contributed by atoms with Gasteiger partial charge < -0.3 is 42.7 Å². The van der Waals surface area contributed by atoms with Crippen molar-refractivity contribution in [2.24, 2.45) is 11.5 Å². The highest BCUT2D eigenvalue weighted by Crippen LogP contribution is 2.12. The van der Waals surface area contributed by atoms with Crippen molar-refractivity contribution in [3.8, 4) is 5.75 Å². The smallest absolute Gasteiger partial charge is 0.326 e. The van der Waals surface area contributed by atoms with Crippen LogP contribution in [0.3, 0.4) is 0 Å². The number of phenolic OH excluding ortho intramolecular Hbond substituents is 1. The van der Waals surface area contributed by atoms with E-state index in [9.17, 15) is 39.0 Å². The first kappa shape index (κ1) is 31.2. The number of carboxylic acids is 2. The number of aliphatic carboxylic acids is 2. The normalized spacial score (nSPS) is 13.9. The van der Waals surface area contributed by atoms with Gasteiger partial charge in [-0.2, -0.15) is 11.8 Å². The lowest BCUT2D eigenvalue weighted by Crippen LogP contribution is -2.58. The first-order valence-corrected chi connectivity index (χ1v) is 12.4. The predicted molar refractivity (Wildman–Crippen MR) is 132 cm³/mol. The molecule has 0 radical (unpaired) electrons. The van der Waals surface area contributed by atoms with Crippen molar-refractivity contribution in [2.45, 2.75) is 49.9 Å². The Balaban J connectivity index is 3.01. The van der Waals surface area contributed by atoms with Crippen molar-refractivity contribution in [2.75, 3.05) is 12.0 Å². The molecular weight excluding hydrogens is 510 g/mol. The molecular formula is C22H31N5O9S. The molecule has 1 rings (SSSR count). The molecule has 0 fully saturated rings. The summed E-state index contributed by atoms with van der Waals surface area (Å²) in [6.45, 7) is 0. The number of hydrogen-bond acceptors (Lipinski definition) is 9. The summed E-state index contributed by atoms with van der Waals surface area (Å²) in [5.41, 5.74) is 11.2. The number of carbonyl (C=O) groups excluding carboxylic acids is 4. The fourth-order valence-electron chi connectivity index (χ4n) is 3.09. The summed E-state index contributed by atoms with van der Waals surface area (Å²) in [5, 5.41) is 34.7. The molecule has 4 atom stereocenters. The van der Waals surface area contributed by atoms with E-state index in [0.29, 0.717) is 11.3 Å². The number of carboxylic acid groups (broad SMARTS) is 2. The summed E-state index contributed by atoms with van der Waals surface area (Å²) in [6, 6.07) is 0.0736. The van der Waals surface area contributed by atoms with Gasteiger partial charge in [-0.1, -0.05) is 12.1 Å². The van der Waals surface area contributed by atoms with Crippen LogP contribution < -0.4 is 27.4 Å². The minimum absolute atomic E-state index is 0.0129. The lowest BCUT2D eigenvalue weighted by atomic mass is 10.0. The van der Waals surface area contributed by atoms with Crippen molar-refractivity contribution in [1.29, 1.82) is 0 Å². The third-order valence-corrected chi connectivity index (χ3v) is 5.65. The van der Waals surface area contributed by atoms with E-state index < -0.39 is 72.6 Å². The number of nitrogens with two attached hydrogens (primary N) is 2. The monoisotopic (exact) mass is 541 g/mol. The minimum Gasteiger partial charge on any atom is -0.508 e. The first-order chi connectivity index (χ1) is 17.3. The Hall–Kier alpha value is -3.85. The zero-order valence-corrected chi connectivity index (χ0v) is 20.8. The van der Waals surface area contributed by atoms with Gasteiger partial charge in [-0.3, -0.25) is 24.0 Å². The highest BCUT2D eigenvalue weighted by atomic mass is 32.2. The Kier molecular flexibility index (Phi) is 12.9. The van der Waals surface area contributed by atoms with Gasteiger partial charge in [0, 0.05) is 6.42 Å². The third kappa shape index (κ3) is 11.6. The Labute approximate surface area is 216 Å². The van der Waals surface area contributed by atoms with Gasteiger partial charge in [0.05, 0.1) is 18.9 Å². The quantitative estimate of drug-likeness (QED) is 0.112. The minimum atomic E-state index is -1.55. The van der Waals surface area contributed by atoms with E-state index in [2.05, 4.69) is 16.0 Å². The molecule has 10 N–H and O–H groups in total. The fraction of sp³-hybridized carbons (Fsp3) is 0.455. The van der Waals surface area contributed by atoms with Gasteiger partial charge in [-0.05, 0) is 36.1 Å². The van der Waals surface area contributed by atoms with Crippen LogP contribution in [0.2, 0.25) is 0 Å². The molecule has 14 nitrogen and oxygen atoms in total. The summed E-state index contributed by atoms with van der Waals surface area (Å²) < 4.78 is 0. The highest BCUT2D eigenvalue weighted by molar-refractivity contribution is 7.98. The van der Waals surface area contributed by atoms with Crippen LogP contribution in [0.5, 0.6) is 5.75 Å². The van der Waals surface area contributed by atoms with E-state index in [0.717, 1.165) is 0 Å². The van der Waals surface area contributed by atoms with Crippen LogP contribution in [0.1, 0.15) is 24.8 Å². The molecule has 0 bridgehead atoms. The summed E-state index contributed by atoms with van der Waals surface area (Å²) >= 11 is 1.36. The van der Waals surface area contributed by atoms with Crippen LogP contribution in [0.4, 0.5) is 0 Å². The van der Waals surface area contributed by atoms with Crippen LogP contribution in [0, 0.1) is 0 Å². The Morgan fingerprint density at radius 3 is 1.92 bits per heavy atom. The van der Waals surface area contributed by atoms with E-state index in [4.69, 9.17) is 16.6 Å². The molecule has 4 unspecified atom stereocenters. The van der Waals surface area contributed by atoms with Gasteiger partial charge in [-0.15, -0.1) is 0 Å². The Bertz CT molecular complexity index is 989. The second kappa shape index (κ2) is 15.3. The molecule has 0 aromatic heterocycles. The maximum absolute atomic E-state index is 12.9. The number of phenols is 1. The van der Waals surface area contributed by atoms with Crippen molar-refractivity contribution in [1.82, 2.24) is 16.0 Å². The molecule has 15 heteroatoms. The lowest BCUT2D eigenvalue weighted by molar-refractivity contribution is -0.142. The zero-order valence-electron chi connectivity index (χ0n) is 20.0. The fourth-order valence-corrected chi connectivity index (χ4v) is 3.56. The molecule has 0 aliphatic carbocycles. The van der Waals surface area contributed by atoms with Crippen LogP contribution >= 0.6 is 11.8 Å². The Morgan fingerprint density at radius 2 is 1.41 bits per heavy atom. The largest absolute Gasteiger partial charge is 0.508 e. The van der Waals surface area contributed by atoms with Gasteiger partial charge in [0.1, 0.15) is 23.9 Å². The number of rotatable bonds is 16. The van der Waals surface area contributed by atoms with Crippen LogP contribution in [-0.4, -0.2) is 87.1 Å². The Morgan fingerprint density at radius 1 is 0.865 bits per heavy atom. The van der Waals surface area contributed by atoms with E-state index in [1.807, 2.05) is 0 Å². The standard InChI is InChI=1S/C22H31N5O9S/c1-37-7-6-14(20(33)27-16(22(35)36)8-11-2-4-12(28)5-3-11)25-21(34)15(10-17(24)29)26-19(32)13(23)9-18(30)31/h2-5,13-16,28H,6-10,23H2,1H3,(H2,24,29)(H,25,34)(H,26,32)(H,27,33)(H,30,31)(H,35,36). The van der Waals surface area contributed by atoms with E-state index >= 15 is 0 Å². The van der Waals surface area contributed by atoms with Gasteiger partial charge >= 0.3 is 11.9 Å². The zero-order chi connectivity index (χ0) is 28.1. The lowest BCUT2D eigenvalue weighted by Gasteiger charge is -2.24. The molecule has 0 saturated heterocycles. The molecule has 37 heavy (non-hydrogen) atoms. The number of hydrogen-bond donors (Lipinski definition) is 8. The maximum atomic E-state index is 12.9. The van der Waals surface area contributed by atoms with Gasteiger partial charge in [0.25, 0.3) is 0 Å². The predicted octanol–water partition coefficient (Wildman–Crippen LogP) is -2.10. The third-order valence-electron chi connectivity index (χ3n) is 5.00. The van der Waals surface area contributed by atoms with Crippen molar-refractivity contribution >= 4 is 47.3 Å². The average Bonchev–Trinajstić information content (AvgIpc) is 2.81. The number of benzene rings is 1. The summed E-state index contributed by atoms with van der Waals surface area (Å²) in [5.74, 6) is -6.08. The van der Waals surface area contributed by atoms with E-state index in [1.54, 1.807) is 6.26 Å². The number of carbonyl (C=O) groups is 6. The topological polar surface area (TPSA) is 251 Å². The summed E-state index contributed by atoms with van der Waals surface area (Å²) in [6.07, 6.45) is 0.341. The number of primary amides is 1. The van der Waals surface area contributed by atoms with Crippen molar-refractivity contribution in [3.05, 3.63) is 29.8 Å². The molecule has 0 aliphatic rings. The molecule has 0 aliphatic heterocycles. The summed E-state index contributed by atoms with van der Waals surface area (Å²) in [4.78, 5) is 72.0. The molecule has 1 aromatic carbocycles. The van der Waals surface area contributed by atoms with Crippen LogP contribution in [0.15, 0.2) is 24.3 Å². The average molecular weight is 542 g/mol. The number of thioether (sulfide) groups is 1. The number of nitrogens with one attached hydrogen (secondary N) is 3. The number of aromatic hydroxyl groups is 1. The van der Waals surface area contributed by atoms with E-state index in [-0.39, 0.29) is 18.6 Å². The first-order valence-electron chi connectivity index (χ1n) is 11.0. The van der Waals surface area contributed by atoms with Crippen molar-refractivity contribution < 1.29 is 44.1 Å². The molecule has 0 saturated carbocycles. The molecule has 0 spiro atoms. The second-order valence-corrected chi connectivity index (χ2v) is 9.03. The van der Waals surface area contributed by atoms with E-state index in [1.165, 1.54) is 36.0 Å². The second-order valence-electron chi connectivity index (χ2n) is 8.05. The van der Waals surface area contributed by atoms with Crippen LogP contribution in [-0.2, 0) is 35.2 Å². The van der Waals surface area contributed by atoms with Gasteiger partial charge in [-0.25, -0.2) is 4.79 Å². The molecule has 204 valence electrons. The van der Waals surface area contributed by atoms with Gasteiger partial charge in [0.2, 0.25) is 23.6 Å². The molecule has 0 heterocycles. The van der Waals surface area contributed by atoms with Crippen molar-refractivity contribution in [3.63, 3.8) is 0 Å². The van der Waals surface area contributed by atoms with Gasteiger partial charge in [0.15, 0.2) is 0 Å². The molecule has 1 aromatic rings. The molecule has 4 amide bonds. The number of amides is 4. The highest BCUT2D eigenvalue weighted by Gasteiger charge is 2.31.